The minimum absolute atomic E-state index is 0.0827. The van der Waals surface area contributed by atoms with Gasteiger partial charge in [0.05, 0.1) is 9.40 Å². The molecule has 2 aromatic carbocycles. The Kier molecular flexibility index (Phi) is 4.70. The number of aryl methyl sites for hydroxylation is 1. The highest BCUT2D eigenvalue weighted by atomic mass is 79.9. The van der Waals surface area contributed by atoms with E-state index in [0.717, 1.165) is 5.56 Å². The second-order valence-electron chi connectivity index (χ2n) is 4.32. The summed E-state index contributed by atoms with van der Waals surface area (Å²) < 4.78 is 6.15. The molecule has 2 rings (SSSR count). The van der Waals surface area contributed by atoms with E-state index in [-0.39, 0.29) is 11.4 Å². The van der Waals surface area contributed by atoms with Gasteiger partial charge in [-0.05, 0) is 52.2 Å². The lowest BCUT2D eigenvalue weighted by atomic mass is 10.1. The summed E-state index contributed by atoms with van der Waals surface area (Å²) in [5.74, 6) is 0.574. The molecule has 0 bridgehead atoms. The molecule has 108 valence electrons. The molecule has 0 fully saturated rings. The largest absolute Gasteiger partial charge is 0.449 e. The highest BCUT2D eigenvalue weighted by Crippen LogP contribution is 2.35. The minimum Gasteiger partial charge on any atom is -0.449 e. The van der Waals surface area contributed by atoms with Gasteiger partial charge < -0.3 is 4.74 Å². The first-order chi connectivity index (χ1) is 10.0. The van der Waals surface area contributed by atoms with E-state index in [2.05, 4.69) is 15.9 Å². The number of halogens is 1. The molecule has 0 N–H and O–H groups in total. The zero-order valence-electron chi connectivity index (χ0n) is 11.2. The molecule has 0 aliphatic rings. The second kappa shape index (κ2) is 6.49. The fraction of sp³-hybridized carbons (Fsp3) is 0.133. The molecule has 21 heavy (non-hydrogen) atoms. The van der Waals surface area contributed by atoms with Crippen molar-refractivity contribution in [1.29, 1.82) is 0 Å². The summed E-state index contributed by atoms with van der Waals surface area (Å²) in [7, 11) is 0. The monoisotopic (exact) mass is 349 g/mol. The molecule has 0 aliphatic heterocycles. The van der Waals surface area contributed by atoms with Gasteiger partial charge in [-0.15, -0.1) is 0 Å². The van der Waals surface area contributed by atoms with Crippen LogP contribution in [0, 0.1) is 10.1 Å². The Hall–Kier alpha value is -2.21. The van der Waals surface area contributed by atoms with Crippen LogP contribution in [0.15, 0.2) is 40.9 Å². The van der Waals surface area contributed by atoms with Gasteiger partial charge in [0.15, 0.2) is 0 Å². The average molecular weight is 350 g/mol. The minimum atomic E-state index is -0.470. The summed E-state index contributed by atoms with van der Waals surface area (Å²) in [6.45, 7) is 1.92. The van der Waals surface area contributed by atoms with Crippen molar-refractivity contribution in [3.8, 4) is 11.5 Å². The first-order valence-corrected chi connectivity index (χ1v) is 7.04. The van der Waals surface area contributed by atoms with Crippen LogP contribution in [-0.4, -0.2) is 11.2 Å². The van der Waals surface area contributed by atoms with Crippen LogP contribution < -0.4 is 4.74 Å². The lowest BCUT2D eigenvalue weighted by Crippen LogP contribution is -1.96. The van der Waals surface area contributed by atoms with Gasteiger partial charge in [-0.25, -0.2) is 0 Å². The van der Waals surface area contributed by atoms with Gasteiger partial charge in [0.1, 0.15) is 12.0 Å². The standard InChI is InChI=1S/C15H12BrNO4/c1-2-10-3-6-15(13(8-10)17(19)20)21-14-5-4-11(9-18)7-12(14)16/h3-9H,2H2,1H3. The molecule has 6 heteroatoms. The topological polar surface area (TPSA) is 69.4 Å². The van der Waals surface area contributed by atoms with E-state index in [9.17, 15) is 14.9 Å². The summed E-state index contributed by atoms with van der Waals surface area (Å²) >= 11 is 3.28. The number of aldehydes is 1. The van der Waals surface area contributed by atoms with Crippen LogP contribution in [0.5, 0.6) is 11.5 Å². The van der Waals surface area contributed by atoms with Crippen LogP contribution in [-0.2, 0) is 6.42 Å². The van der Waals surface area contributed by atoms with Gasteiger partial charge in [-0.1, -0.05) is 13.0 Å². The van der Waals surface area contributed by atoms with Gasteiger partial charge >= 0.3 is 5.69 Å². The molecule has 0 radical (unpaired) electrons. The molecule has 0 amide bonds. The number of rotatable bonds is 5. The van der Waals surface area contributed by atoms with Crippen molar-refractivity contribution in [2.75, 3.05) is 0 Å². The number of nitro benzene ring substituents is 1. The van der Waals surface area contributed by atoms with Crippen molar-refractivity contribution in [2.45, 2.75) is 13.3 Å². The number of ether oxygens (including phenoxy) is 1. The maximum atomic E-state index is 11.1. The Balaban J connectivity index is 2.39. The molecule has 0 saturated heterocycles. The van der Waals surface area contributed by atoms with Crippen molar-refractivity contribution in [1.82, 2.24) is 0 Å². The van der Waals surface area contributed by atoms with E-state index in [1.807, 2.05) is 6.92 Å². The molecule has 2 aromatic rings. The first-order valence-electron chi connectivity index (χ1n) is 6.25. The quantitative estimate of drug-likeness (QED) is 0.451. The SMILES string of the molecule is CCc1ccc(Oc2ccc(C=O)cc2Br)c([N+](=O)[O-])c1. The lowest BCUT2D eigenvalue weighted by molar-refractivity contribution is -0.385. The van der Waals surface area contributed by atoms with E-state index in [1.165, 1.54) is 6.07 Å². The van der Waals surface area contributed by atoms with Gasteiger partial charge in [0.2, 0.25) is 5.75 Å². The third-order valence-corrected chi connectivity index (χ3v) is 3.56. The van der Waals surface area contributed by atoms with Crippen molar-refractivity contribution in [2.24, 2.45) is 0 Å². The maximum Gasteiger partial charge on any atom is 0.311 e. The van der Waals surface area contributed by atoms with Crippen LogP contribution in [0.25, 0.3) is 0 Å². The summed E-state index contributed by atoms with van der Waals surface area (Å²) in [5.41, 5.74) is 1.27. The van der Waals surface area contributed by atoms with E-state index >= 15 is 0 Å². The average Bonchev–Trinajstić information content (AvgIpc) is 2.49. The fourth-order valence-corrected chi connectivity index (χ4v) is 2.28. The van der Waals surface area contributed by atoms with Crippen molar-refractivity contribution < 1.29 is 14.5 Å². The van der Waals surface area contributed by atoms with Gasteiger partial charge in [-0.2, -0.15) is 0 Å². The summed E-state index contributed by atoms with van der Waals surface area (Å²) in [6, 6.07) is 9.63. The number of hydrogen-bond acceptors (Lipinski definition) is 4. The first kappa shape index (κ1) is 15.2. The highest BCUT2D eigenvalue weighted by Gasteiger charge is 2.17. The molecule has 5 nitrogen and oxygen atoms in total. The Morgan fingerprint density at radius 2 is 1.95 bits per heavy atom. The predicted octanol–water partition coefficient (Wildman–Crippen LogP) is 4.52. The zero-order chi connectivity index (χ0) is 15.4. The van der Waals surface area contributed by atoms with Crippen molar-refractivity contribution in [3.63, 3.8) is 0 Å². The van der Waals surface area contributed by atoms with Gasteiger partial charge in [-0.3, -0.25) is 14.9 Å². The molecular weight excluding hydrogens is 338 g/mol. The van der Waals surface area contributed by atoms with Gasteiger partial charge in [0.25, 0.3) is 0 Å². The molecule has 0 atom stereocenters. The molecule has 0 heterocycles. The molecule has 0 aliphatic carbocycles. The van der Waals surface area contributed by atoms with E-state index < -0.39 is 4.92 Å². The molecule has 0 saturated carbocycles. The van der Waals surface area contributed by atoms with Gasteiger partial charge in [0, 0.05) is 11.6 Å². The Morgan fingerprint density at radius 3 is 2.52 bits per heavy atom. The summed E-state index contributed by atoms with van der Waals surface area (Å²) in [5, 5.41) is 11.1. The second-order valence-corrected chi connectivity index (χ2v) is 5.18. The van der Waals surface area contributed by atoms with E-state index in [1.54, 1.807) is 30.3 Å². The smallest absolute Gasteiger partial charge is 0.311 e. The van der Waals surface area contributed by atoms with Crippen LogP contribution in [0.1, 0.15) is 22.8 Å². The van der Waals surface area contributed by atoms with Crippen LogP contribution >= 0.6 is 15.9 Å². The van der Waals surface area contributed by atoms with Crippen LogP contribution in [0.2, 0.25) is 0 Å². The number of benzene rings is 2. The number of hydrogen-bond donors (Lipinski definition) is 0. The summed E-state index contributed by atoms with van der Waals surface area (Å²) in [6.07, 6.45) is 1.42. The van der Waals surface area contributed by atoms with E-state index in [0.29, 0.717) is 28.5 Å². The van der Waals surface area contributed by atoms with E-state index in [4.69, 9.17) is 4.74 Å². The summed E-state index contributed by atoms with van der Waals surface area (Å²) in [4.78, 5) is 21.4. The van der Waals surface area contributed by atoms with Crippen molar-refractivity contribution >= 4 is 27.9 Å². The lowest BCUT2D eigenvalue weighted by Gasteiger charge is -2.09. The number of nitrogens with zero attached hydrogens (tertiary/aromatic N) is 1. The fourth-order valence-electron chi connectivity index (χ4n) is 1.80. The Morgan fingerprint density at radius 1 is 1.24 bits per heavy atom. The Bertz CT molecular complexity index is 700. The third-order valence-electron chi connectivity index (χ3n) is 2.94. The number of carbonyl (C=O) groups is 1. The number of nitro groups is 1. The molecule has 0 aromatic heterocycles. The molecule has 0 unspecified atom stereocenters. The Labute approximate surface area is 129 Å². The highest BCUT2D eigenvalue weighted by molar-refractivity contribution is 9.10. The molecular formula is C15H12BrNO4. The zero-order valence-corrected chi connectivity index (χ0v) is 12.8. The third kappa shape index (κ3) is 3.46. The van der Waals surface area contributed by atoms with Crippen LogP contribution in [0.4, 0.5) is 5.69 Å². The van der Waals surface area contributed by atoms with Crippen LogP contribution in [0.3, 0.4) is 0 Å². The normalized spacial score (nSPS) is 10.2. The predicted molar refractivity (Wildman–Crippen MR) is 82.1 cm³/mol. The van der Waals surface area contributed by atoms with Crippen molar-refractivity contribution in [3.05, 3.63) is 62.1 Å². The molecule has 0 spiro atoms. The number of carbonyl (C=O) groups excluding carboxylic acids is 1. The maximum absolute atomic E-state index is 11.1.